The van der Waals surface area contributed by atoms with Crippen LogP contribution in [0.25, 0.3) is 0 Å². The van der Waals surface area contributed by atoms with Gasteiger partial charge in [0.15, 0.2) is 0 Å². The summed E-state index contributed by atoms with van der Waals surface area (Å²) in [4.78, 5) is 14.7. The van der Waals surface area contributed by atoms with E-state index in [-0.39, 0.29) is 6.54 Å². The van der Waals surface area contributed by atoms with Crippen LogP contribution in [-0.2, 0) is 17.8 Å². The second-order valence-electron chi connectivity index (χ2n) is 5.05. The number of fused-ring (bicyclic) bond motifs is 1. The molecule has 4 nitrogen and oxygen atoms in total. The van der Waals surface area contributed by atoms with Crippen molar-refractivity contribution in [2.24, 2.45) is 0 Å². The summed E-state index contributed by atoms with van der Waals surface area (Å²) >= 11 is 0. The van der Waals surface area contributed by atoms with Gasteiger partial charge in [0.25, 0.3) is 0 Å². The summed E-state index contributed by atoms with van der Waals surface area (Å²) < 4.78 is 0. The Labute approximate surface area is 108 Å². The van der Waals surface area contributed by atoms with E-state index in [0.717, 1.165) is 13.0 Å². The Morgan fingerprint density at radius 2 is 2.28 bits per heavy atom. The minimum Gasteiger partial charge on any atom is -0.480 e. The Morgan fingerprint density at radius 3 is 3.00 bits per heavy atom. The largest absolute Gasteiger partial charge is 0.480 e. The molecule has 98 valence electrons. The summed E-state index contributed by atoms with van der Waals surface area (Å²) in [7, 11) is 3.95. The van der Waals surface area contributed by atoms with Gasteiger partial charge in [-0.25, -0.2) is 0 Å². The van der Waals surface area contributed by atoms with Gasteiger partial charge in [0.05, 0.1) is 6.54 Å². The van der Waals surface area contributed by atoms with E-state index in [0.29, 0.717) is 6.54 Å². The molecule has 1 N–H and O–H groups in total. The number of carboxylic acids is 1. The lowest BCUT2D eigenvalue weighted by Crippen LogP contribution is -2.26. The first-order valence-electron chi connectivity index (χ1n) is 6.29. The Balaban J connectivity index is 2.09. The van der Waals surface area contributed by atoms with Gasteiger partial charge in [-0.05, 0) is 37.1 Å². The lowest BCUT2D eigenvalue weighted by Gasteiger charge is -2.28. The lowest BCUT2D eigenvalue weighted by molar-refractivity contribution is -0.138. The standard InChI is InChI=1S/C14H20N2O2/c1-15(10-14(17)18)9-11-5-6-13-12(8-11)4-3-7-16(13)2/h5-6,8H,3-4,7,9-10H2,1-2H3,(H,17,18). The van der Waals surface area contributed by atoms with Crippen molar-refractivity contribution in [3.63, 3.8) is 0 Å². The first kappa shape index (κ1) is 12.9. The van der Waals surface area contributed by atoms with Gasteiger partial charge in [-0.3, -0.25) is 9.69 Å². The monoisotopic (exact) mass is 248 g/mol. The van der Waals surface area contributed by atoms with Crippen LogP contribution in [-0.4, -0.2) is 43.2 Å². The number of rotatable bonds is 4. The predicted molar refractivity (Wildman–Crippen MR) is 72.0 cm³/mol. The molecule has 0 aliphatic carbocycles. The van der Waals surface area contributed by atoms with Gasteiger partial charge < -0.3 is 10.0 Å². The van der Waals surface area contributed by atoms with Crippen molar-refractivity contribution in [3.8, 4) is 0 Å². The van der Waals surface area contributed by atoms with Crippen LogP contribution in [0.5, 0.6) is 0 Å². The minimum absolute atomic E-state index is 0.0803. The number of hydrogen-bond acceptors (Lipinski definition) is 3. The first-order valence-corrected chi connectivity index (χ1v) is 6.29. The van der Waals surface area contributed by atoms with Crippen molar-refractivity contribution in [1.82, 2.24) is 4.90 Å². The maximum atomic E-state index is 10.6. The van der Waals surface area contributed by atoms with Crippen LogP contribution >= 0.6 is 0 Å². The molecule has 0 atom stereocenters. The van der Waals surface area contributed by atoms with Gasteiger partial charge >= 0.3 is 5.97 Å². The van der Waals surface area contributed by atoms with E-state index >= 15 is 0 Å². The SMILES string of the molecule is CN(CC(=O)O)Cc1ccc2c(c1)CCCN2C. The van der Waals surface area contributed by atoms with Crippen LogP contribution in [0.2, 0.25) is 0 Å². The average molecular weight is 248 g/mol. The Morgan fingerprint density at radius 1 is 1.50 bits per heavy atom. The second-order valence-corrected chi connectivity index (χ2v) is 5.05. The Kier molecular flexibility index (Phi) is 3.87. The molecule has 0 aromatic heterocycles. The third-order valence-corrected chi connectivity index (χ3v) is 3.35. The fourth-order valence-electron chi connectivity index (χ4n) is 2.54. The lowest BCUT2D eigenvalue weighted by atomic mass is 9.99. The summed E-state index contributed by atoms with van der Waals surface area (Å²) in [5, 5.41) is 8.74. The van der Waals surface area contributed by atoms with Crippen LogP contribution < -0.4 is 4.90 Å². The summed E-state index contributed by atoms with van der Waals surface area (Å²) in [6.45, 7) is 1.88. The maximum Gasteiger partial charge on any atom is 0.317 e. The molecule has 0 unspecified atom stereocenters. The Bertz CT molecular complexity index is 445. The summed E-state index contributed by atoms with van der Waals surface area (Å²) in [6, 6.07) is 6.46. The molecule has 0 fully saturated rings. The number of anilines is 1. The molecule has 1 heterocycles. The van der Waals surface area contributed by atoms with Crippen LogP contribution in [0.3, 0.4) is 0 Å². The summed E-state index contributed by atoms with van der Waals surface area (Å²) in [6.07, 6.45) is 2.31. The number of nitrogens with zero attached hydrogens (tertiary/aromatic N) is 2. The molecule has 1 aliphatic heterocycles. The van der Waals surface area contributed by atoms with E-state index in [9.17, 15) is 4.79 Å². The molecule has 1 aliphatic rings. The average Bonchev–Trinajstić information content (AvgIpc) is 2.27. The number of carbonyl (C=O) groups is 1. The molecule has 2 rings (SSSR count). The van der Waals surface area contributed by atoms with Crippen molar-refractivity contribution in [2.75, 3.05) is 32.1 Å². The number of benzene rings is 1. The minimum atomic E-state index is -0.782. The van der Waals surface area contributed by atoms with Crippen LogP contribution in [0, 0.1) is 0 Å². The van der Waals surface area contributed by atoms with Crippen molar-refractivity contribution >= 4 is 11.7 Å². The number of hydrogen-bond donors (Lipinski definition) is 1. The molecule has 1 aromatic carbocycles. The van der Waals surface area contributed by atoms with E-state index in [1.807, 2.05) is 11.9 Å². The molecular formula is C14H20N2O2. The van der Waals surface area contributed by atoms with Crippen LogP contribution in [0.4, 0.5) is 5.69 Å². The van der Waals surface area contributed by atoms with Crippen molar-refractivity contribution in [1.29, 1.82) is 0 Å². The molecule has 0 amide bonds. The fraction of sp³-hybridized carbons (Fsp3) is 0.500. The number of carboxylic acid groups (broad SMARTS) is 1. The van der Waals surface area contributed by atoms with E-state index < -0.39 is 5.97 Å². The maximum absolute atomic E-state index is 10.6. The zero-order valence-corrected chi connectivity index (χ0v) is 11.0. The van der Waals surface area contributed by atoms with Crippen molar-refractivity contribution < 1.29 is 9.90 Å². The number of aryl methyl sites for hydroxylation is 1. The fourth-order valence-corrected chi connectivity index (χ4v) is 2.54. The molecule has 0 saturated heterocycles. The van der Waals surface area contributed by atoms with Crippen molar-refractivity contribution in [3.05, 3.63) is 29.3 Å². The van der Waals surface area contributed by atoms with Crippen LogP contribution in [0.15, 0.2) is 18.2 Å². The van der Waals surface area contributed by atoms with Gasteiger partial charge in [-0.1, -0.05) is 12.1 Å². The summed E-state index contributed by atoms with van der Waals surface area (Å²) in [5.74, 6) is -0.782. The van der Waals surface area contributed by atoms with Gasteiger partial charge in [0.1, 0.15) is 0 Å². The quantitative estimate of drug-likeness (QED) is 0.878. The molecule has 0 bridgehead atoms. The second kappa shape index (κ2) is 5.40. The highest BCUT2D eigenvalue weighted by Gasteiger charge is 2.14. The van der Waals surface area contributed by atoms with E-state index in [2.05, 4.69) is 30.1 Å². The summed E-state index contributed by atoms with van der Waals surface area (Å²) in [5.41, 5.74) is 3.88. The van der Waals surface area contributed by atoms with E-state index in [1.54, 1.807) is 0 Å². The molecule has 4 heteroatoms. The van der Waals surface area contributed by atoms with Gasteiger partial charge in [-0.15, -0.1) is 0 Å². The highest BCUT2D eigenvalue weighted by atomic mass is 16.4. The van der Waals surface area contributed by atoms with Crippen LogP contribution in [0.1, 0.15) is 17.5 Å². The topological polar surface area (TPSA) is 43.8 Å². The number of likely N-dealkylation sites (N-methyl/N-ethyl adjacent to an activating group) is 1. The zero-order valence-electron chi connectivity index (χ0n) is 11.0. The third kappa shape index (κ3) is 3.01. The predicted octanol–water partition coefficient (Wildman–Crippen LogP) is 1.59. The third-order valence-electron chi connectivity index (χ3n) is 3.35. The molecule has 1 aromatic rings. The van der Waals surface area contributed by atoms with Gasteiger partial charge in [-0.2, -0.15) is 0 Å². The van der Waals surface area contributed by atoms with Gasteiger partial charge in [0, 0.05) is 25.8 Å². The molecular weight excluding hydrogens is 228 g/mol. The first-order chi connectivity index (χ1) is 8.56. The Hall–Kier alpha value is -1.55. The highest BCUT2D eigenvalue weighted by Crippen LogP contribution is 2.27. The smallest absolute Gasteiger partial charge is 0.317 e. The highest BCUT2D eigenvalue weighted by molar-refractivity contribution is 5.69. The van der Waals surface area contributed by atoms with E-state index in [4.69, 9.17) is 5.11 Å². The van der Waals surface area contributed by atoms with E-state index in [1.165, 1.54) is 23.2 Å². The molecule has 0 saturated carbocycles. The zero-order chi connectivity index (χ0) is 13.1. The normalized spacial score (nSPS) is 14.7. The molecule has 0 spiro atoms. The van der Waals surface area contributed by atoms with Crippen molar-refractivity contribution in [2.45, 2.75) is 19.4 Å². The molecule has 0 radical (unpaired) electrons. The van der Waals surface area contributed by atoms with Gasteiger partial charge in [0.2, 0.25) is 0 Å². The molecule has 18 heavy (non-hydrogen) atoms. The number of aliphatic carboxylic acids is 1.